The minimum absolute atomic E-state index is 0.220. The van der Waals surface area contributed by atoms with Gasteiger partial charge in [0, 0.05) is 18.7 Å². The summed E-state index contributed by atoms with van der Waals surface area (Å²) in [6, 6.07) is 15.5. The Labute approximate surface area is 177 Å². The second-order valence-corrected chi connectivity index (χ2v) is 7.11. The lowest BCUT2D eigenvalue weighted by Gasteiger charge is -2.30. The molecule has 0 aliphatic carbocycles. The monoisotopic (exact) mass is 411 g/mol. The van der Waals surface area contributed by atoms with Crippen LogP contribution in [0.4, 0.5) is 5.69 Å². The summed E-state index contributed by atoms with van der Waals surface area (Å²) in [4.78, 5) is 26.2. The lowest BCUT2D eigenvalue weighted by atomic mass is 10.0. The number of carbonyl (C=O) groups is 2. The van der Waals surface area contributed by atoms with E-state index >= 15 is 0 Å². The molecule has 2 N–H and O–H groups in total. The normalized spacial score (nSPS) is 12.6. The van der Waals surface area contributed by atoms with Gasteiger partial charge in [-0.2, -0.15) is 0 Å². The summed E-state index contributed by atoms with van der Waals surface area (Å²) in [7, 11) is 0. The summed E-state index contributed by atoms with van der Waals surface area (Å²) in [6.07, 6.45) is 2.87. The van der Waals surface area contributed by atoms with Crippen LogP contribution in [0.3, 0.4) is 0 Å². The summed E-state index contributed by atoms with van der Waals surface area (Å²) in [5, 5.41) is 0. The van der Waals surface area contributed by atoms with Gasteiger partial charge < -0.3 is 14.4 Å². The number of benzene rings is 2. The number of carbonyl (C=O) groups excluding carboxylic acids is 2. The third-order valence-corrected chi connectivity index (χ3v) is 4.83. The van der Waals surface area contributed by atoms with Crippen molar-refractivity contribution in [2.45, 2.75) is 32.6 Å². The van der Waals surface area contributed by atoms with Gasteiger partial charge in [0.25, 0.3) is 5.91 Å². The zero-order valence-electron chi connectivity index (χ0n) is 17.4. The molecule has 30 heavy (non-hydrogen) atoms. The molecular formula is C23H29N3O4. The SMILES string of the molecule is CCOc1ccc(OCCCC(=O)NNC(=O)CN2CCCc3ccccc32)cc1. The molecule has 2 aromatic carbocycles. The molecule has 7 nitrogen and oxygen atoms in total. The predicted octanol–water partition coefficient (Wildman–Crippen LogP) is 2.84. The van der Waals surface area contributed by atoms with Crippen LogP contribution in [0.1, 0.15) is 31.7 Å². The first-order valence-electron chi connectivity index (χ1n) is 10.4. The number of ether oxygens (including phenoxy) is 2. The number of hydrogen-bond donors (Lipinski definition) is 2. The highest BCUT2D eigenvalue weighted by Gasteiger charge is 2.18. The van der Waals surface area contributed by atoms with E-state index in [9.17, 15) is 9.59 Å². The predicted molar refractivity (Wildman–Crippen MR) is 116 cm³/mol. The van der Waals surface area contributed by atoms with E-state index in [0.717, 1.165) is 36.6 Å². The van der Waals surface area contributed by atoms with E-state index in [4.69, 9.17) is 9.47 Å². The van der Waals surface area contributed by atoms with Crippen LogP contribution in [0.2, 0.25) is 0 Å². The zero-order valence-corrected chi connectivity index (χ0v) is 17.4. The number of anilines is 1. The minimum Gasteiger partial charge on any atom is -0.494 e. The molecule has 2 aromatic rings. The van der Waals surface area contributed by atoms with Crippen LogP contribution < -0.4 is 25.2 Å². The zero-order chi connectivity index (χ0) is 21.2. The van der Waals surface area contributed by atoms with Gasteiger partial charge in [-0.3, -0.25) is 20.4 Å². The number of rotatable bonds is 9. The molecule has 160 valence electrons. The van der Waals surface area contributed by atoms with E-state index in [2.05, 4.69) is 16.9 Å². The minimum atomic E-state index is -0.238. The van der Waals surface area contributed by atoms with Crippen molar-refractivity contribution >= 4 is 17.5 Å². The van der Waals surface area contributed by atoms with Crippen molar-refractivity contribution in [1.29, 1.82) is 0 Å². The molecule has 2 amide bonds. The average Bonchev–Trinajstić information content (AvgIpc) is 2.77. The van der Waals surface area contributed by atoms with Crippen molar-refractivity contribution < 1.29 is 19.1 Å². The van der Waals surface area contributed by atoms with Crippen LogP contribution in [0, 0.1) is 0 Å². The Hall–Kier alpha value is -3.22. The van der Waals surface area contributed by atoms with E-state index in [1.807, 2.05) is 54.3 Å². The largest absolute Gasteiger partial charge is 0.494 e. The first kappa shape index (κ1) is 21.5. The topological polar surface area (TPSA) is 79.9 Å². The number of nitrogens with zero attached hydrogens (tertiary/aromatic N) is 1. The van der Waals surface area contributed by atoms with Crippen LogP contribution in [0.25, 0.3) is 0 Å². The molecule has 0 radical (unpaired) electrons. The van der Waals surface area contributed by atoms with Crippen molar-refractivity contribution in [2.24, 2.45) is 0 Å². The van der Waals surface area contributed by atoms with E-state index in [1.54, 1.807) is 0 Å². The first-order valence-corrected chi connectivity index (χ1v) is 10.4. The molecule has 1 aliphatic rings. The third kappa shape index (κ3) is 6.40. The fraction of sp³-hybridized carbons (Fsp3) is 0.391. The Balaban J connectivity index is 1.31. The number of nitrogens with one attached hydrogen (secondary N) is 2. The maximum Gasteiger partial charge on any atom is 0.257 e. The second-order valence-electron chi connectivity index (χ2n) is 7.11. The molecule has 0 spiro atoms. The Kier molecular flexibility index (Phi) is 7.94. The molecule has 0 bridgehead atoms. The summed E-state index contributed by atoms with van der Waals surface area (Å²) >= 11 is 0. The summed E-state index contributed by atoms with van der Waals surface area (Å²) in [6.45, 7) is 4.03. The molecular weight excluding hydrogens is 382 g/mol. The number of hydrogen-bond acceptors (Lipinski definition) is 5. The van der Waals surface area contributed by atoms with E-state index < -0.39 is 0 Å². The fourth-order valence-electron chi connectivity index (χ4n) is 3.41. The number of hydrazine groups is 1. The van der Waals surface area contributed by atoms with Gasteiger partial charge in [-0.25, -0.2) is 0 Å². The second kappa shape index (κ2) is 11.1. The molecule has 0 saturated heterocycles. The molecule has 0 unspecified atom stereocenters. The third-order valence-electron chi connectivity index (χ3n) is 4.83. The summed E-state index contributed by atoms with van der Waals surface area (Å²) < 4.78 is 11.0. The van der Waals surface area contributed by atoms with E-state index in [1.165, 1.54) is 5.56 Å². The molecule has 1 heterocycles. The van der Waals surface area contributed by atoms with Gasteiger partial charge in [-0.15, -0.1) is 0 Å². The highest BCUT2D eigenvalue weighted by Crippen LogP contribution is 2.26. The van der Waals surface area contributed by atoms with E-state index in [0.29, 0.717) is 19.6 Å². The van der Waals surface area contributed by atoms with Gasteiger partial charge in [-0.05, 0) is 62.1 Å². The molecule has 0 saturated carbocycles. The van der Waals surface area contributed by atoms with Crippen molar-refractivity contribution in [3.05, 3.63) is 54.1 Å². The van der Waals surface area contributed by atoms with Crippen LogP contribution in [0.15, 0.2) is 48.5 Å². The Morgan fingerprint density at radius 2 is 1.67 bits per heavy atom. The Morgan fingerprint density at radius 3 is 2.43 bits per heavy atom. The van der Waals surface area contributed by atoms with E-state index in [-0.39, 0.29) is 24.8 Å². The quantitative estimate of drug-likeness (QED) is 0.490. The van der Waals surface area contributed by atoms with Gasteiger partial charge in [-0.1, -0.05) is 18.2 Å². The number of para-hydroxylation sites is 1. The highest BCUT2D eigenvalue weighted by molar-refractivity contribution is 5.85. The van der Waals surface area contributed by atoms with Gasteiger partial charge in [0.1, 0.15) is 11.5 Å². The molecule has 0 aromatic heterocycles. The average molecular weight is 412 g/mol. The molecule has 0 atom stereocenters. The van der Waals surface area contributed by atoms with Crippen molar-refractivity contribution in [3.63, 3.8) is 0 Å². The van der Waals surface area contributed by atoms with Crippen LogP contribution in [-0.2, 0) is 16.0 Å². The van der Waals surface area contributed by atoms with Crippen LogP contribution in [0.5, 0.6) is 11.5 Å². The highest BCUT2D eigenvalue weighted by atomic mass is 16.5. The molecule has 1 aliphatic heterocycles. The Bertz CT molecular complexity index is 839. The maximum absolute atomic E-state index is 12.2. The molecule has 7 heteroatoms. The van der Waals surface area contributed by atoms with Gasteiger partial charge in [0.05, 0.1) is 19.8 Å². The fourth-order valence-corrected chi connectivity index (χ4v) is 3.41. The number of aryl methyl sites for hydroxylation is 1. The van der Waals surface area contributed by atoms with Crippen molar-refractivity contribution in [3.8, 4) is 11.5 Å². The van der Waals surface area contributed by atoms with Crippen LogP contribution >= 0.6 is 0 Å². The lowest BCUT2D eigenvalue weighted by Crippen LogP contribution is -2.47. The van der Waals surface area contributed by atoms with Gasteiger partial charge in [0.15, 0.2) is 0 Å². The first-order chi connectivity index (χ1) is 14.7. The number of fused-ring (bicyclic) bond motifs is 1. The smallest absolute Gasteiger partial charge is 0.257 e. The summed E-state index contributed by atoms with van der Waals surface area (Å²) in [5.41, 5.74) is 7.33. The lowest BCUT2D eigenvalue weighted by molar-refractivity contribution is -0.128. The molecule has 0 fully saturated rings. The van der Waals surface area contributed by atoms with Gasteiger partial charge >= 0.3 is 0 Å². The van der Waals surface area contributed by atoms with Crippen LogP contribution in [-0.4, -0.2) is 38.1 Å². The summed E-state index contributed by atoms with van der Waals surface area (Å²) in [5.74, 6) is 1.06. The standard InChI is InChI=1S/C23H29N3O4/c1-2-29-19-11-13-20(14-12-19)30-16-6-10-22(27)24-25-23(28)17-26-15-5-8-18-7-3-4-9-21(18)26/h3-4,7,9,11-14H,2,5-6,8,10,15-17H2,1H3,(H,24,27)(H,25,28). The Morgan fingerprint density at radius 1 is 0.967 bits per heavy atom. The maximum atomic E-state index is 12.2. The van der Waals surface area contributed by atoms with Crippen molar-refractivity contribution in [1.82, 2.24) is 10.9 Å². The number of amides is 2. The molecule has 3 rings (SSSR count). The van der Waals surface area contributed by atoms with Gasteiger partial charge in [0.2, 0.25) is 5.91 Å². The van der Waals surface area contributed by atoms with Crippen molar-refractivity contribution in [2.75, 3.05) is 31.2 Å².